The van der Waals surface area contributed by atoms with Gasteiger partial charge in [-0.05, 0) is 31.3 Å². The van der Waals surface area contributed by atoms with Gasteiger partial charge in [0, 0.05) is 13.1 Å². The maximum absolute atomic E-state index is 5.94. The predicted molar refractivity (Wildman–Crippen MR) is 84.4 cm³/mol. The third-order valence-corrected chi connectivity index (χ3v) is 3.46. The molecule has 0 amide bonds. The monoisotopic (exact) mass is 292 g/mol. The van der Waals surface area contributed by atoms with Gasteiger partial charge in [0.25, 0.3) is 0 Å². The molecule has 1 aromatic carbocycles. The SMILES string of the molecule is C=CCNC(=S)N(CC)C[C@H]1COc2ccccc2O1. The number of nitrogens with one attached hydrogen (secondary N) is 1. The Kier molecular flexibility index (Phi) is 5.24. The molecule has 5 heteroatoms. The number of rotatable bonds is 5. The Labute approximate surface area is 125 Å². The van der Waals surface area contributed by atoms with Gasteiger partial charge >= 0.3 is 0 Å². The number of nitrogens with zero attached hydrogens (tertiary/aromatic N) is 1. The van der Waals surface area contributed by atoms with E-state index in [9.17, 15) is 0 Å². The highest BCUT2D eigenvalue weighted by atomic mass is 32.1. The van der Waals surface area contributed by atoms with Crippen LogP contribution in [0.15, 0.2) is 36.9 Å². The highest BCUT2D eigenvalue weighted by Crippen LogP contribution is 2.30. The molecule has 1 atom stereocenters. The van der Waals surface area contributed by atoms with E-state index in [1.165, 1.54) is 0 Å². The van der Waals surface area contributed by atoms with E-state index in [1.54, 1.807) is 6.08 Å². The molecule has 4 nitrogen and oxygen atoms in total. The van der Waals surface area contributed by atoms with Gasteiger partial charge in [-0.3, -0.25) is 0 Å². The molecule has 0 aromatic heterocycles. The zero-order valence-corrected chi connectivity index (χ0v) is 12.5. The lowest BCUT2D eigenvalue weighted by molar-refractivity contribution is 0.0749. The van der Waals surface area contributed by atoms with Gasteiger partial charge in [-0.25, -0.2) is 0 Å². The molecule has 1 aromatic rings. The Morgan fingerprint density at radius 3 is 2.95 bits per heavy atom. The number of likely N-dealkylation sites (N-methyl/N-ethyl adjacent to an activating group) is 1. The summed E-state index contributed by atoms with van der Waals surface area (Å²) in [5.41, 5.74) is 0. The normalized spacial score (nSPS) is 16.4. The van der Waals surface area contributed by atoms with E-state index in [2.05, 4.69) is 23.7 Å². The van der Waals surface area contributed by atoms with Crippen LogP contribution in [0.2, 0.25) is 0 Å². The lowest BCUT2D eigenvalue weighted by Crippen LogP contribution is -2.47. The standard InChI is InChI=1S/C15H20N2O2S/c1-3-9-16-15(20)17(4-2)10-12-11-18-13-7-5-6-8-14(13)19-12/h3,5-8,12H,1,4,9-11H2,2H3,(H,16,20)/t12-/m0/s1. The lowest BCUT2D eigenvalue weighted by Gasteiger charge is -2.32. The van der Waals surface area contributed by atoms with Gasteiger partial charge in [-0.1, -0.05) is 18.2 Å². The number of hydrogen-bond donors (Lipinski definition) is 1. The smallest absolute Gasteiger partial charge is 0.169 e. The second-order valence-electron chi connectivity index (χ2n) is 4.51. The first kappa shape index (κ1) is 14.7. The van der Waals surface area contributed by atoms with Gasteiger partial charge in [0.1, 0.15) is 6.61 Å². The molecular weight excluding hydrogens is 272 g/mol. The average Bonchev–Trinajstić information content (AvgIpc) is 2.50. The van der Waals surface area contributed by atoms with Crippen LogP contribution in [-0.2, 0) is 0 Å². The van der Waals surface area contributed by atoms with Crippen molar-refractivity contribution in [1.29, 1.82) is 0 Å². The van der Waals surface area contributed by atoms with Gasteiger partial charge in [-0.15, -0.1) is 6.58 Å². The van der Waals surface area contributed by atoms with Crippen LogP contribution in [-0.4, -0.2) is 42.4 Å². The van der Waals surface area contributed by atoms with Crippen LogP contribution < -0.4 is 14.8 Å². The first-order chi connectivity index (χ1) is 9.74. The molecule has 1 aliphatic heterocycles. The second kappa shape index (κ2) is 7.14. The fraction of sp³-hybridized carbons (Fsp3) is 0.400. The number of benzene rings is 1. The number of fused-ring (bicyclic) bond motifs is 1. The Hall–Kier alpha value is -1.75. The van der Waals surface area contributed by atoms with Crippen molar-refractivity contribution in [2.24, 2.45) is 0 Å². The predicted octanol–water partition coefficient (Wildman–Crippen LogP) is 2.21. The average molecular weight is 292 g/mol. The van der Waals surface area contributed by atoms with Crippen LogP contribution in [0.1, 0.15) is 6.92 Å². The maximum atomic E-state index is 5.94. The minimum atomic E-state index is -0.0201. The Morgan fingerprint density at radius 1 is 1.50 bits per heavy atom. The second-order valence-corrected chi connectivity index (χ2v) is 4.90. The summed E-state index contributed by atoms with van der Waals surface area (Å²) in [6.07, 6.45) is 1.77. The van der Waals surface area contributed by atoms with Crippen LogP contribution in [0.4, 0.5) is 0 Å². The molecule has 1 aliphatic rings. The van der Waals surface area contributed by atoms with Crippen LogP contribution >= 0.6 is 12.2 Å². The number of thiocarbonyl (C=S) groups is 1. The van der Waals surface area contributed by atoms with Crippen LogP contribution in [0.3, 0.4) is 0 Å². The molecule has 1 N–H and O–H groups in total. The van der Waals surface area contributed by atoms with Crippen LogP contribution in [0.5, 0.6) is 11.5 Å². The highest BCUT2D eigenvalue weighted by molar-refractivity contribution is 7.80. The number of para-hydroxylation sites is 2. The molecule has 20 heavy (non-hydrogen) atoms. The Balaban J connectivity index is 1.93. The molecule has 0 unspecified atom stereocenters. The first-order valence-electron chi connectivity index (χ1n) is 6.76. The Morgan fingerprint density at radius 2 is 2.25 bits per heavy atom. The summed E-state index contributed by atoms with van der Waals surface area (Å²) in [6, 6.07) is 7.72. The van der Waals surface area contributed by atoms with Gasteiger partial charge in [0.15, 0.2) is 22.7 Å². The van der Waals surface area contributed by atoms with Gasteiger partial charge in [0.05, 0.1) is 6.54 Å². The summed E-state index contributed by atoms with van der Waals surface area (Å²) >= 11 is 5.36. The Bertz CT molecular complexity index is 479. The largest absolute Gasteiger partial charge is 0.486 e. The maximum Gasteiger partial charge on any atom is 0.169 e. The fourth-order valence-electron chi connectivity index (χ4n) is 2.03. The zero-order valence-electron chi connectivity index (χ0n) is 11.7. The molecule has 0 radical (unpaired) electrons. The molecular formula is C15H20N2O2S. The molecule has 0 spiro atoms. The molecule has 0 saturated heterocycles. The summed E-state index contributed by atoms with van der Waals surface area (Å²) < 4.78 is 11.7. The quantitative estimate of drug-likeness (QED) is 0.665. The third-order valence-electron chi connectivity index (χ3n) is 3.06. The van der Waals surface area contributed by atoms with Gasteiger partial charge in [0.2, 0.25) is 0 Å². The summed E-state index contributed by atoms with van der Waals surface area (Å²) in [4.78, 5) is 2.07. The van der Waals surface area contributed by atoms with E-state index in [-0.39, 0.29) is 6.10 Å². The van der Waals surface area contributed by atoms with E-state index in [4.69, 9.17) is 21.7 Å². The van der Waals surface area contributed by atoms with Crippen molar-refractivity contribution in [3.8, 4) is 11.5 Å². The topological polar surface area (TPSA) is 33.7 Å². The minimum Gasteiger partial charge on any atom is -0.486 e. The highest BCUT2D eigenvalue weighted by Gasteiger charge is 2.23. The van der Waals surface area contributed by atoms with E-state index < -0.39 is 0 Å². The molecule has 0 aliphatic carbocycles. The first-order valence-corrected chi connectivity index (χ1v) is 7.17. The van der Waals surface area contributed by atoms with E-state index in [1.807, 2.05) is 24.3 Å². The fourth-order valence-corrected chi connectivity index (χ4v) is 2.31. The van der Waals surface area contributed by atoms with Crippen LogP contribution in [0.25, 0.3) is 0 Å². The van der Waals surface area contributed by atoms with Crippen molar-refractivity contribution in [3.63, 3.8) is 0 Å². The van der Waals surface area contributed by atoms with Crippen molar-refractivity contribution in [2.75, 3.05) is 26.2 Å². The van der Waals surface area contributed by atoms with Crippen LogP contribution in [0, 0.1) is 0 Å². The van der Waals surface area contributed by atoms with Crippen molar-refractivity contribution < 1.29 is 9.47 Å². The minimum absolute atomic E-state index is 0.0201. The molecule has 1 heterocycles. The molecule has 0 bridgehead atoms. The van der Waals surface area contributed by atoms with Gasteiger partial charge < -0.3 is 19.7 Å². The van der Waals surface area contributed by atoms with Gasteiger partial charge in [-0.2, -0.15) is 0 Å². The summed E-state index contributed by atoms with van der Waals surface area (Å²) in [7, 11) is 0. The van der Waals surface area contributed by atoms with E-state index in [0.717, 1.165) is 23.2 Å². The summed E-state index contributed by atoms with van der Waals surface area (Å²) in [6.45, 7) is 8.47. The third kappa shape index (κ3) is 3.63. The number of ether oxygens (including phenoxy) is 2. The molecule has 2 rings (SSSR count). The van der Waals surface area contributed by atoms with E-state index >= 15 is 0 Å². The van der Waals surface area contributed by atoms with Crippen molar-refractivity contribution >= 4 is 17.3 Å². The lowest BCUT2D eigenvalue weighted by atomic mass is 10.2. The van der Waals surface area contributed by atoms with Crippen molar-refractivity contribution in [2.45, 2.75) is 13.0 Å². The molecule has 108 valence electrons. The molecule has 0 saturated carbocycles. The number of hydrogen-bond acceptors (Lipinski definition) is 3. The summed E-state index contributed by atoms with van der Waals surface area (Å²) in [5, 5.41) is 3.85. The molecule has 0 fully saturated rings. The van der Waals surface area contributed by atoms with E-state index in [0.29, 0.717) is 19.7 Å². The summed E-state index contributed by atoms with van der Waals surface area (Å²) in [5.74, 6) is 1.60. The van der Waals surface area contributed by atoms with Crippen molar-refractivity contribution in [3.05, 3.63) is 36.9 Å². The zero-order chi connectivity index (χ0) is 14.4. The van der Waals surface area contributed by atoms with Crippen molar-refractivity contribution in [1.82, 2.24) is 10.2 Å².